The van der Waals surface area contributed by atoms with E-state index in [0.717, 1.165) is 0 Å². The fraction of sp³-hybridized carbons (Fsp3) is 0.600. The standard InChI is InChI=1S/C10H13N5O3/c16-2-5-6(17)1-4(13-5)7-8-9(15-14-7)10(18)12-3-11-8/h3-7,13,16-17H,1-2H2,(H,11,12,18)/t4-,5-,6+,7?/m1/s1. The van der Waals surface area contributed by atoms with Gasteiger partial charge in [0.2, 0.25) is 0 Å². The van der Waals surface area contributed by atoms with Gasteiger partial charge in [-0.2, -0.15) is 5.11 Å². The van der Waals surface area contributed by atoms with Crippen LogP contribution in [0.5, 0.6) is 0 Å². The smallest absolute Gasteiger partial charge is 0.278 e. The lowest BCUT2D eigenvalue weighted by Gasteiger charge is -2.16. The Bertz CT molecular complexity index is 543. The third-order valence-corrected chi connectivity index (χ3v) is 3.39. The van der Waals surface area contributed by atoms with Gasteiger partial charge in [-0.1, -0.05) is 0 Å². The van der Waals surface area contributed by atoms with Crippen molar-refractivity contribution in [3.63, 3.8) is 0 Å². The Balaban J connectivity index is 1.88. The van der Waals surface area contributed by atoms with Crippen molar-refractivity contribution in [2.45, 2.75) is 30.7 Å². The summed E-state index contributed by atoms with van der Waals surface area (Å²) >= 11 is 0. The summed E-state index contributed by atoms with van der Waals surface area (Å²) in [5.74, 6) is 0. The number of hydrogen-bond donors (Lipinski definition) is 4. The highest BCUT2D eigenvalue weighted by Gasteiger charge is 2.40. The number of aromatic nitrogens is 2. The van der Waals surface area contributed by atoms with E-state index in [-0.39, 0.29) is 36.0 Å². The number of hydrogen-bond acceptors (Lipinski definition) is 7. The molecule has 1 aromatic rings. The molecule has 1 fully saturated rings. The summed E-state index contributed by atoms with van der Waals surface area (Å²) in [6.45, 7) is -0.142. The van der Waals surface area contributed by atoms with Crippen LogP contribution in [0.2, 0.25) is 0 Å². The van der Waals surface area contributed by atoms with Crippen LogP contribution >= 0.6 is 0 Å². The number of H-pyrrole nitrogens is 1. The molecule has 2 aliphatic heterocycles. The number of nitrogens with zero attached hydrogens (tertiary/aromatic N) is 3. The van der Waals surface area contributed by atoms with Gasteiger partial charge in [-0.05, 0) is 6.42 Å². The Hall–Kier alpha value is -1.64. The lowest BCUT2D eigenvalue weighted by atomic mass is 10.0. The number of aromatic amines is 1. The van der Waals surface area contributed by atoms with E-state index >= 15 is 0 Å². The first kappa shape index (κ1) is 11.5. The molecule has 8 heteroatoms. The number of fused-ring (bicyclic) bond motifs is 1. The van der Waals surface area contributed by atoms with E-state index in [9.17, 15) is 9.90 Å². The zero-order valence-corrected chi connectivity index (χ0v) is 9.45. The van der Waals surface area contributed by atoms with E-state index in [4.69, 9.17) is 5.11 Å². The largest absolute Gasteiger partial charge is 0.395 e. The van der Waals surface area contributed by atoms with Gasteiger partial charge in [-0.3, -0.25) is 4.79 Å². The second-order valence-electron chi connectivity index (χ2n) is 4.49. The molecular weight excluding hydrogens is 238 g/mol. The minimum absolute atomic E-state index is 0.142. The highest BCUT2D eigenvalue weighted by atomic mass is 16.3. The van der Waals surface area contributed by atoms with E-state index in [1.54, 1.807) is 0 Å². The molecule has 0 aliphatic carbocycles. The quantitative estimate of drug-likeness (QED) is 0.536. The van der Waals surface area contributed by atoms with Crippen LogP contribution in [0.15, 0.2) is 21.4 Å². The van der Waals surface area contributed by atoms with Crippen LogP contribution in [0.3, 0.4) is 0 Å². The lowest BCUT2D eigenvalue weighted by molar-refractivity contribution is 0.121. The molecule has 0 saturated carbocycles. The molecule has 1 unspecified atom stereocenters. The molecule has 96 valence electrons. The molecule has 0 bridgehead atoms. The maximum atomic E-state index is 11.5. The molecule has 1 aromatic heterocycles. The molecule has 2 aliphatic rings. The summed E-state index contributed by atoms with van der Waals surface area (Å²) in [5.41, 5.74) is 0.428. The second-order valence-corrected chi connectivity index (χ2v) is 4.49. The molecule has 4 atom stereocenters. The Morgan fingerprint density at radius 2 is 2.33 bits per heavy atom. The molecule has 4 N–H and O–H groups in total. The highest BCUT2D eigenvalue weighted by molar-refractivity contribution is 5.43. The minimum Gasteiger partial charge on any atom is -0.395 e. The molecule has 0 amide bonds. The Morgan fingerprint density at radius 3 is 3.06 bits per heavy atom. The zero-order valence-electron chi connectivity index (χ0n) is 9.45. The van der Waals surface area contributed by atoms with Crippen molar-refractivity contribution in [2.75, 3.05) is 6.61 Å². The van der Waals surface area contributed by atoms with Crippen molar-refractivity contribution in [1.82, 2.24) is 15.3 Å². The molecule has 0 radical (unpaired) electrons. The van der Waals surface area contributed by atoms with Gasteiger partial charge in [-0.25, -0.2) is 4.98 Å². The van der Waals surface area contributed by atoms with Crippen LogP contribution in [0.4, 0.5) is 5.69 Å². The summed E-state index contributed by atoms with van der Waals surface area (Å²) < 4.78 is 0. The Kier molecular flexibility index (Phi) is 2.69. The SMILES string of the molecule is O=c1[nH]cnc2c1N=NC2[C@H]1C[C@H](O)[C@@H](CO)N1. The van der Waals surface area contributed by atoms with Gasteiger partial charge < -0.3 is 20.5 Å². The van der Waals surface area contributed by atoms with Crippen LogP contribution < -0.4 is 10.9 Å². The predicted octanol–water partition coefficient (Wildman–Crippen LogP) is -1.01. The zero-order chi connectivity index (χ0) is 12.7. The van der Waals surface area contributed by atoms with Crippen molar-refractivity contribution in [3.05, 3.63) is 22.4 Å². The van der Waals surface area contributed by atoms with Crippen LogP contribution in [0, 0.1) is 0 Å². The fourth-order valence-electron chi connectivity index (χ4n) is 2.44. The number of rotatable bonds is 2. The van der Waals surface area contributed by atoms with Gasteiger partial charge in [0, 0.05) is 6.04 Å². The number of nitrogens with one attached hydrogen (secondary N) is 2. The molecule has 3 rings (SSSR count). The molecule has 18 heavy (non-hydrogen) atoms. The van der Waals surface area contributed by atoms with Gasteiger partial charge in [-0.15, -0.1) is 5.11 Å². The van der Waals surface area contributed by atoms with E-state index in [0.29, 0.717) is 12.1 Å². The molecule has 3 heterocycles. The maximum absolute atomic E-state index is 11.5. The normalized spacial score (nSPS) is 33.9. The van der Waals surface area contributed by atoms with Gasteiger partial charge in [0.05, 0.1) is 25.1 Å². The highest BCUT2D eigenvalue weighted by Crippen LogP contribution is 2.36. The van der Waals surface area contributed by atoms with Crippen molar-refractivity contribution in [1.29, 1.82) is 0 Å². The van der Waals surface area contributed by atoms with Crippen LogP contribution in [0.1, 0.15) is 18.2 Å². The topological polar surface area (TPSA) is 123 Å². The average Bonchev–Trinajstić information content (AvgIpc) is 2.93. The fourth-order valence-corrected chi connectivity index (χ4v) is 2.44. The first-order chi connectivity index (χ1) is 8.70. The predicted molar refractivity (Wildman–Crippen MR) is 60.5 cm³/mol. The van der Waals surface area contributed by atoms with E-state index < -0.39 is 6.10 Å². The first-order valence-corrected chi connectivity index (χ1v) is 5.74. The van der Waals surface area contributed by atoms with Gasteiger partial charge in [0.25, 0.3) is 5.56 Å². The third-order valence-electron chi connectivity index (χ3n) is 3.39. The summed E-state index contributed by atoms with van der Waals surface area (Å²) in [6.07, 6.45) is 1.14. The van der Waals surface area contributed by atoms with E-state index in [2.05, 4.69) is 25.5 Å². The maximum Gasteiger partial charge on any atom is 0.278 e. The molecule has 1 saturated heterocycles. The second kappa shape index (κ2) is 4.23. The van der Waals surface area contributed by atoms with E-state index in [1.807, 2.05) is 0 Å². The van der Waals surface area contributed by atoms with E-state index in [1.165, 1.54) is 6.33 Å². The summed E-state index contributed by atoms with van der Waals surface area (Å²) in [5, 5.41) is 29.8. The number of azo groups is 1. The summed E-state index contributed by atoms with van der Waals surface area (Å²) in [7, 11) is 0. The Labute approximate surface area is 102 Å². The molecule has 0 aromatic carbocycles. The molecule has 0 spiro atoms. The van der Waals surface area contributed by atoms with Crippen molar-refractivity contribution >= 4 is 5.69 Å². The minimum atomic E-state index is -0.624. The van der Waals surface area contributed by atoms with Crippen molar-refractivity contribution < 1.29 is 10.2 Å². The number of aliphatic hydroxyl groups excluding tert-OH is 2. The average molecular weight is 251 g/mol. The van der Waals surface area contributed by atoms with Gasteiger partial charge >= 0.3 is 0 Å². The Morgan fingerprint density at radius 1 is 1.50 bits per heavy atom. The molecular formula is C10H13N5O3. The monoisotopic (exact) mass is 251 g/mol. The first-order valence-electron chi connectivity index (χ1n) is 5.74. The summed E-state index contributed by atoms with van der Waals surface area (Å²) in [6, 6.07) is -0.916. The number of aliphatic hydroxyl groups is 2. The lowest BCUT2D eigenvalue weighted by Crippen LogP contribution is -2.38. The van der Waals surface area contributed by atoms with Crippen LogP contribution in [-0.4, -0.2) is 45.0 Å². The summed E-state index contributed by atoms with van der Waals surface area (Å²) in [4.78, 5) is 18.0. The van der Waals surface area contributed by atoms with Crippen LogP contribution in [0.25, 0.3) is 0 Å². The van der Waals surface area contributed by atoms with Crippen molar-refractivity contribution in [2.24, 2.45) is 10.2 Å². The van der Waals surface area contributed by atoms with Crippen molar-refractivity contribution in [3.8, 4) is 0 Å². The molecule has 8 nitrogen and oxygen atoms in total. The van der Waals surface area contributed by atoms with Gasteiger partial charge in [0.15, 0.2) is 5.69 Å². The van der Waals surface area contributed by atoms with Crippen LogP contribution in [-0.2, 0) is 0 Å². The van der Waals surface area contributed by atoms with Gasteiger partial charge in [0.1, 0.15) is 11.7 Å². The third kappa shape index (κ3) is 1.65.